The third-order valence-corrected chi connectivity index (χ3v) is 12.6. The maximum Gasteiger partial charge on any atom is 0.246 e. The lowest BCUT2D eigenvalue weighted by molar-refractivity contribution is -0.130. The zero-order valence-corrected chi connectivity index (χ0v) is 31.7. The highest BCUT2D eigenvalue weighted by atomic mass is 35.5. The van der Waals surface area contributed by atoms with E-state index >= 15 is 0 Å². The van der Waals surface area contributed by atoms with Crippen molar-refractivity contribution in [1.29, 1.82) is 0 Å². The highest BCUT2D eigenvalue weighted by molar-refractivity contribution is 8.00. The van der Waals surface area contributed by atoms with Crippen LogP contribution in [0.15, 0.2) is 165 Å². The number of hydrogen-bond donors (Lipinski definition) is 0. The summed E-state index contributed by atoms with van der Waals surface area (Å²) in [5, 5.41) is 0. The summed E-state index contributed by atoms with van der Waals surface area (Å²) < 4.78 is 24.6. The number of carbonyl (C=O) groups excluding carboxylic acids is 1. The third kappa shape index (κ3) is 6.35. The lowest BCUT2D eigenvalue weighted by Gasteiger charge is -2.33. The Balaban J connectivity index is 0.000000144. The highest BCUT2D eigenvalue weighted by Crippen LogP contribution is 2.51. The minimum Gasteiger partial charge on any atom is -0.340 e. The van der Waals surface area contributed by atoms with Crippen LogP contribution in [-0.2, 0) is 41.7 Å². The first-order valence-electron chi connectivity index (χ1n) is 17.9. The zero-order valence-electron chi connectivity index (χ0n) is 29.3. The minimum absolute atomic E-state index is 0.0977. The number of hydrogen-bond acceptors (Lipinski definition) is 7. The first-order valence-corrected chi connectivity index (χ1v) is 20.1. The van der Waals surface area contributed by atoms with Gasteiger partial charge >= 0.3 is 0 Å². The van der Waals surface area contributed by atoms with Crippen LogP contribution in [0.25, 0.3) is 0 Å². The van der Waals surface area contributed by atoms with Crippen molar-refractivity contribution in [2.45, 2.75) is 37.6 Å². The Kier molecular flexibility index (Phi) is 9.84. The Morgan fingerprint density at radius 3 is 1.63 bits per heavy atom. The summed E-state index contributed by atoms with van der Waals surface area (Å²) in [7, 11) is 0. The van der Waals surface area contributed by atoms with Crippen molar-refractivity contribution in [3.63, 3.8) is 0 Å². The molecule has 0 bridgehead atoms. The summed E-state index contributed by atoms with van der Waals surface area (Å²) in [6.45, 7) is 2.24. The second-order valence-corrected chi connectivity index (χ2v) is 15.6. The molecule has 0 N–H and O–H groups in total. The largest absolute Gasteiger partial charge is 0.340 e. The van der Waals surface area contributed by atoms with Crippen LogP contribution in [0.5, 0.6) is 0 Å². The predicted molar refractivity (Wildman–Crippen MR) is 213 cm³/mol. The van der Waals surface area contributed by atoms with Crippen LogP contribution in [0.3, 0.4) is 0 Å². The second kappa shape index (κ2) is 15.0. The predicted octanol–water partition coefficient (Wildman–Crippen LogP) is 10.3. The molecule has 4 heterocycles. The van der Waals surface area contributed by atoms with Crippen LogP contribution in [0, 0.1) is 0 Å². The number of carbonyl (C=O) groups is 1. The number of nitrogens with zero attached hydrogens (tertiary/aromatic N) is 1. The molecule has 0 atom stereocenters. The number of anilines is 2. The molecule has 2 fully saturated rings. The van der Waals surface area contributed by atoms with E-state index in [-0.39, 0.29) is 11.8 Å². The quantitative estimate of drug-likeness (QED) is 0.162. The van der Waals surface area contributed by atoms with Crippen molar-refractivity contribution < 1.29 is 23.7 Å². The van der Waals surface area contributed by atoms with Gasteiger partial charge < -0.3 is 18.9 Å². The normalized spacial score (nSPS) is 17.3. The summed E-state index contributed by atoms with van der Waals surface area (Å²) in [6.07, 6.45) is 0.956. The Labute approximate surface area is 328 Å². The monoisotopic (exact) mass is 769 g/mol. The van der Waals surface area contributed by atoms with Gasteiger partial charge in [-0.25, -0.2) is 0 Å². The molecule has 2 saturated heterocycles. The molecule has 6 nitrogen and oxygen atoms in total. The number of alkyl halides is 1. The molecule has 4 aliphatic heterocycles. The lowest BCUT2D eigenvalue weighted by atomic mass is 9.94. The first kappa shape index (κ1) is 35.3. The van der Waals surface area contributed by atoms with E-state index < -0.39 is 11.6 Å². The van der Waals surface area contributed by atoms with Crippen LogP contribution >= 0.6 is 35.1 Å². The molecule has 0 saturated carbocycles. The van der Waals surface area contributed by atoms with E-state index in [0.717, 1.165) is 49.8 Å². The first-order chi connectivity index (χ1) is 26.6. The van der Waals surface area contributed by atoms with Gasteiger partial charge in [0.1, 0.15) is 5.88 Å². The summed E-state index contributed by atoms with van der Waals surface area (Å²) in [5.41, 5.74) is 8.28. The molecular weight excluding hydrogens is 734 g/mol. The van der Waals surface area contributed by atoms with Crippen molar-refractivity contribution >= 4 is 52.4 Å². The van der Waals surface area contributed by atoms with Crippen molar-refractivity contribution in [2.75, 3.05) is 37.2 Å². The maximum atomic E-state index is 12.8. The average Bonchev–Trinajstić information content (AvgIpc) is 3.95. The number of rotatable bonds is 5. The van der Waals surface area contributed by atoms with Gasteiger partial charge in [-0.05, 0) is 60.0 Å². The van der Waals surface area contributed by atoms with Crippen molar-refractivity contribution in [3.05, 3.63) is 179 Å². The second-order valence-electron chi connectivity index (χ2n) is 13.2. The number of halogens is 1. The van der Waals surface area contributed by atoms with Crippen molar-refractivity contribution in [2.24, 2.45) is 0 Å². The number of fused-ring (bicyclic) bond motifs is 4. The fourth-order valence-corrected chi connectivity index (χ4v) is 9.73. The SMILES string of the molecule is O=C(CCl)N1c2ccccc2Sc2ccc(C3(c4ccccc4)OCCO3)cc21.c1ccc(C2(c3ccc4c(c3)Cc3ccccc3S4)OCCO2)cc1. The van der Waals surface area contributed by atoms with Gasteiger partial charge in [0.15, 0.2) is 0 Å². The van der Waals surface area contributed by atoms with Crippen LogP contribution in [-0.4, -0.2) is 38.2 Å². The number of benzene rings is 6. The molecule has 270 valence electrons. The lowest BCUT2D eigenvalue weighted by Crippen LogP contribution is -2.32. The number of para-hydroxylation sites is 1. The molecule has 0 aliphatic carbocycles. The molecule has 1 amide bonds. The highest BCUT2D eigenvalue weighted by Gasteiger charge is 2.43. The molecule has 6 aromatic carbocycles. The van der Waals surface area contributed by atoms with Gasteiger partial charge in [-0.3, -0.25) is 9.69 Å². The van der Waals surface area contributed by atoms with Gasteiger partial charge in [0.2, 0.25) is 17.5 Å². The maximum absolute atomic E-state index is 12.8. The van der Waals surface area contributed by atoms with Crippen molar-refractivity contribution in [1.82, 2.24) is 0 Å². The standard InChI is InChI=1S/C23H18ClNO3S.C22H18O2S/c24-15-22(26)25-18-8-4-5-9-20(18)29-21-11-10-17(14-19(21)25)23(27-12-13-28-23)16-6-2-1-3-7-16;1-2-7-18(8-3-1)22(23-12-13-24-22)19-10-11-21-17(15-19)14-16-6-4-5-9-20(16)25-21/h1-11,14H,12-13,15H2;1-11,15H,12-14H2. The van der Waals surface area contributed by atoms with Gasteiger partial charge in [0, 0.05) is 41.8 Å². The number of ether oxygens (including phenoxy) is 4. The van der Waals surface area contributed by atoms with Gasteiger partial charge in [0.25, 0.3) is 0 Å². The molecule has 4 aliphatic rings. The smallest absolute Gasteiger partial charge is 0.246 e. The summed E-state index contributed by atoms with van der Waals surface area (Å²) in [4.78, 5) is 19.2. The Bertz CT molecular complexity index is 2310. The molecule has 10 rings (SSSR count). The molecule has 6 aromatic rings. The minimum atomic E-state index is -0.979. The van der Waals surface area contributed by atoms with Gasteiger partial charge in [0.05, 0.1) is 37.8 Å². The van der Waals surface area contributed by atoms with E-state index in [2.05, 4.69) is 54.6 Å². The van der Waals surface area contributed by atoms with E-state index in [9.17, 15) is 4.79 Å². The van der Waals surface area contributed by atoms with Crippen LogP contribution in [0.2, 0.25) is 0 Å². The fourth-order valence-electron chi connectivity index (χ4n) is 7.52. The Morgan fingerprint density at radius 1 is 0.519 bits per heavy atom. The molecule has 0 spiro atoms. The van der Waals surface area contributed by atoms with Gasteiger partial charge in [-0.1, -0.05) is 127 Å². The van der Waals surface area contributed by atoms with E-state index in [1.807, 2.05) is 103 Å². The van der Waals surface area contributed by atoms with Crippen LogP contribution in [0.4, 0.5) is 11.4 Å². The molecule has 0 unspecified atom stereocenters. The van der Waals surface area contributed by atoms with Crippen LogP contribution in [0.1, 0.15) is 33.4 Å². The Morgan fingerprint density at radius 2 is 1.00 bits per heavy atom. The van der Waals surface area contributed by atoms with E-state index in [4.69, 9.17) is 30.5 Å². The molecule has 54 heavy (non-hydrogen) atoms. The third-order valence-electron chi connectivity index (χ3n) is 9.98. The molecular formula is C45H36ClNO5S2. The molecule has 9 heteroatoms. The summed E-state index contributed by atoms with van der Waals surface area (Å²) in [5.74, 6) is -2.02. The van der Waals surface area contributed by atoms with Gasteiger partial charge in [-0.15, -0.1) is 11.6 Å². The van der Waals surface area contributed by atoms with E-state index in [0.29, 0.717) is 26.4 Å². The molecule has 0 aromatic heterocycles. The topological polar surface area (TPSA) is 57.2 Å². The average molecular weight is 770 g/mol. The van der Waals surface area contributed by atoms with Crippen molar-refractivity contribution in [3.8, 4) is 0 Å². The fraction of sp³-hybridized carbons (Fsp3) is 0.178. The summed E-state index contributed by atoms with van der Waals surface area (Å²) >= 11 is 9.45. The molecule has 0 radical (unpaired) electrons. The zero-order chi connectivity index (χ0) is 36.5. The van der Waals surface area contributed by atoms with E-state index in [1.54, 1.807) is 16.7 Å². The van der Waals surface area contributed by atoms with Crippen LogP contribution < -0.4 is 4.90 Å². The van der Waals surface area contributed by atoms with Gasteiger partial charge in [-0.2, -0.15) is 0 Å². The summed E-state index contributed by atoms with van der Waals surface area (Å²) in [6, 6.07) is 49.3. The van der Waals surface area contributed by atoms with E-state index in [1.165, 1.54) is 20.9 Å². The Hall–Kier alpha value is -4.38. The number of amides is 1.